The minimum atomic E-state index is -0.0811. The van der Waals surface area contributed by atoms with Crippen LogP contribution in [-0.4, -0.2) is 44.2 Å². The number of fused-ring (bicyclic) bond motifs is 1. The summed E-state index contributed by atoms with van der Waals surface area (Å²) in [4.78, 5) is 22.5. The normalized spacial score (nSPS) is 14.6. The smallest absolute Gasteiger partial charge is 0.251 e. The number of carbonyl (C=O) groups is 1. The Morgan fingerprint density at radius 3 is 2.34 bits per heavy atom. The number of hydrogen-bond acceptors (Lipinski definition) is 5. The van der Waals surface area contributed by atoms with Crippen LogP contribution in [0.2, 0.25) is 0 Å². The zero-order chi connectivity index (χ0) is 24.2. The van der Waals surface area contributed by atoms with Gasteiger partial charge in [0.15, 0.2) is 0 Å². The lowest BCUT2D eigenvalue weighted by atomic mass is 10.1. The standard InChI is InChI=1S/C29H30N4O2/c1-21(22-6-4-3-5-7-22)31-29(34)24-9-8-23-14-15-30-28(27(23)20-24)33-18-16-32(17-19-33)25-10-12-26(35-2)13-11-25/h3-15,20-21H,16-19H2,1-2H3,(H,31,34). The number of nitrogens with zero attached hydrogens (tertiary/aromatic N) is 3. The summed E-state index contributed by atoms with van der Waals surface area (Å²) in [6.45, 7) is 5.53. The molecule has 1 unspecified atom stereocenters. The maximum Gasteiger partial charge on any atom is 0.251 e. The molecule has 0 saturated carbocycles. The van der Waals surface area contributed by atoms with Crippen LogP contribution < -0.4 is 19.9 Å². The number of aromatic nitrogens is 1. The third kappa shape index (κ3) is 4.92. The summed E-state index contributed by atoms with van der Waals surface area (Å²) in [5, 5.41) is 5.21. The van der Waals surface area contributed by atoms with Gasteiger partial charge < -0.3 is 19.9 Å². The molecule has 1 atom stereocenters. The van der Waals surface area contributed by atoms with Gasteiger partial charge in [0.25, 0.3) is 5.91 Å². The van der Waals surface area contributed by atoms with Crippen LogP contribution in [-0.2, 0) is 0 Å². The van der Waals surface area contributed by atoms with Gasteiger partial charge in [-0.15, -0.1) is 0 Å². The van der Waals surface area contributed by atoms with Crippen molar-refractivity contribution in [2.45, 2.75) is 13.0 Å². The molecule has 6 nitrogen and oxygen atoms in total. The van der Waals surface area contributed by atoms with E-state index < -0.39 is 0 Å². The largest absolute Gasteiger partial charge is 0.497 e. The monoisotopic (exact) mass is 466 g/mol. The zero-order valence-electron chi connectivity index (χ0n) is 20.1. The van der Waals surface area contributed by atoms with Crippen LogP contribution in [0, 0.1) is 0 Å². The number of anilines is 2. The quantitative estimate of drug-likeness (QED) is 0.430. The Hall–Kier alpha value is -4.06. The second-order valence-electron chi connectivity index (χ2n) is 8.85. The van der Waals surface area contributed by atoms with Crippen molar-refractivity contribution >= 4 is 28.2 Å². The first-order valence-electron chi connectivity index (χ1n) is 12.0. The summed E-state index contributed by atoms with van der Waals surface area (Å²) in [5.41, 5.74) is 2.92. The summed E-state index contributed by atoms with van der Waals surface area (Å²) < 4.78 is 5.28. The van der Waals surface area contributed by atoms with Gasteiger partial charge in [0, 0.05) is 49.0 Å². The van der Waals surface area contributed by atoms with Crippen molar-refractivity contribution in [1.82, 2.24) is 10.3 Å². The van der Waals surface area contributed by atoms with Crippen LogP contribution >= 0.6 is 0 Å². The molecule has 2 heterocycles. The first kappa shape index (κ1) is 22.7. The fourth-order valence-corrected chi connectivity index (χ4v) is 4.62. The van der Waals surface area contributed by atoms with E-state index in [0.29, 0.717) is 5.56 Å². The highest BCUT2D eigenvalue weighted by Gasteiger charge is 2.21. The van der Waals surface area contributed by atoms with E-state index in [-0.39, 0.29) is 11.9 Å². The molecule has 1 saturated heterocycles. The number of methoxy groups -OCH3 is 1. The number of nitrogens with one attached hydrogen (secondary N) is 1. The van der Waals surface area contributed by atoms with Gasteiger partial charge in [0.1, 0.15) is 11.6 Å². The predicted octanol–water partition coefficient (Wildman–Crippen LogP) is 5.06. The number of ether oxygens (including phenoxy) is 1. The fraction of sp³-hybridized carbons (Fsp3) is 0.241. The van der Waals surface area contributed by atoms with Gasteiger partial charge in [0.05, 0.1) is 13.2 Å². The lowest BCUT2D eigenvalue weighted by Crippen LogP contribution is -2.46. The molecular weight excluding hydrogens is 436 g/mol. The third-order valence-corrected chi connectivity index (χ3v) is 6.67. The minimum Gasteiger partial charge on any atom is -0.497 e. The molecule has 1 amide bonds. The van der Waals surface area contributed by atoms with Crippen molar-refractivity contribution in [3.63, 3.8) is 0 Å². The SMILES string of the molecule is COc1ccc(N2CCN(c3nccc4ccc(C(=O)NC(C)c5ccccc5)cc34)CC2)cc1. The average molecular weight is 467 g/mol. The van der Waals surface area contributed by atoms with Gasteiger partial charge in [0.2, 0.25) is 0 Å². The second-order valence-corrected chi connectivity index (χ2v) is 8.85. The Bertz CT molecular complexity index is 1300. The van der Waals surface area contributed by atoms with Crippen LogP contribution in [0.3, 0.4) is 0 Å². The lowest BCUT2D eigenvalue weighted by molar-refractivity contribution is 0.0940. The molecule has 4 aromatic rings. The van der Waals surface area contributed by atoms with Crippen molar-refractivity contribution in [3.05, 3.63) is 96.2 Å². The molecule has 1 aromatic heterocycles. The highest BCUT2D eigenvalue weighted by molar-refractivity contribution is 6.01. The van der Waals surface area contributed by atoms with Crippen LogP contribution in [0.5, 0.6) is 5.75 Å². The highest BCUT2D eigenvalue weighted by Crippen LogP contribution is 2.28. The van der Waals surface area contributed by atoms with Gasteiger partial charge in [-0.2, -0.15) is 0 Å². The van der Waals surface area contributed by atoms with Gasteiger partial charge in [-0.3, -0.25) is 4.79 Å². The molecule has 1 aliphatic heterocycles. The summed E-state index contributed by atoms with van der Waals surface area (Å²) >= 11 is 0. The molecule has 3 aromatic carbocycles. The van der Waals surface area contributed by atoms with Crippen molar-refractivity contribution in [1.29, 1.82) is 0 Å². The number of amides is 1. The van der Waals surface area contributed by atoms with E-state index in [1.807, 2.05) is 79.9 Å². The maximum atomic E-state index is 13.0. The molecule has 0 bridgehead atoms. The van der Waals surface area contributed by atoms with Crippen molar-refractivity contribution < 1.29 is 9.53 Å². The Labute approximate surface area is 206 Å². The predicted molar refractivity (Wildman–Crippen MR) is 141 cm³/mol. The molecule has 0 radical (unpaired) electrons. The molecule has 5 rings (SSSR count). The fourth-order valence-electron chi connectivity index (χ4n) is 4.62. The van der Waals surface area contributed by atoms with Crippen molar-refractivity contribution in [3.8, 4) is 5.75 Å². The summed E-state index contributed by atoms with van der Waals surface area (Å²) in [6, 6.07) is 26.0. The van der Waals surface area contributed by atoms with Crippen LogP contribution in [0.25, 0.3) is 10.8 Å². The minimum absolute atomic E-state index is 0.0706. The van der Waals surface area contributed by atoms with Gasteiger partial charge in [-0.05, 0) is 60.3 Å². The number of hydrogen-bond donors (Lipinski definition) is 1. The van der Waals surface area contributed by atoms with Crippen LogP contribution in [0.15, 0.2) is 85.1 Å². The van der Waals surface area contributed by atoms with Gasteiger partial charge >= 0.3 is 0 Å². The number of rotatable bonds is 6. The Kier molecular flexibility index (Phi) is 6.53. The van der Waals surface area contributed by atoms with E-state index >= 15 is 0 Å². The Morgan fingerprint density at radius 1 is 0.914 bits per heavy atom. The molecule has 0 spiro atoms. The Balaban J connectivity index is 1.32. The summed E-state index contributed by atoms with van der Waals surface area (Å²) in [7, 11) is 1.68. The zero-order valence-corrected chi connectivity index (χ0v) is 20.1. The molecule has 35 heavy (non-hydrogen) atoms. The number of carbonyl (C=O) groups excluding carboxylic acids is 1. The topological polar surface area (TPSA) is 57.7 Å². The number of benzene rings is 3. The van der Waals surface area contributed by atoms with Gasteiger partial charge in [-0.1, -0.05) is 36.4 Å². The average Bonchev–Trinajstić information content (AvgIpc) is 2.93. The first-order chi connectivity index (χ1) is 17.1. The summed E-state index contributed by atoms with van der Waals surface area (Å²) in [6.07, 6.45) is 1.85. The molecule has 1 aliphatic rings. The number of piperazine rings is 1. The van der Waals surface area contributed by atoms with E-state index in [1.54, 1.807) is 7.11 Å². The van der Waals surface area contributed by atoms with E-state index in [4.69, 9.17) is 9.72 Å². The van der Waals surface area contributed by atoms with Gasteiger partial charge in [-0.25, -0.2) is 4.98 Å². The molecule has 1 N–H and O–H groups in total. The van der Waals surface area contributed by atoms with Crippen LogP contribution in [0.1, 0.15) is 28.9 Å². The third-order valence-electron chi connectivity index (χ3n) is 6.67. The highest BCUT2D eigenvalue weighted by atomic mass is 16.5. The van der Waals surface area contributed by atoms with E-state index in [2.05, 4.69) is 27.2 Å². The molecular formula is C29H30N4O2. The Morgan fingerprint density at radius 2 is 1.63 bits per heavy atom. The van der Waals surface area contributed by atoms with Crippen LogP contribution in [0.4, 0.5) is 11.5 Å². The molecule has 6 heteroatoms. The number of pyridine rings is 1. The van der Waals surface area contributed by atoms with E-state index in [9.17, 15) is 4.79 Å². The lowest BCUT2D eigenvalue weighted by Gasteiger charge is -2.37. The van der Waals surface area contributed by atoms with E-state index in [1.165, 1.54) is 5.69 Å². The summed E-state index contributed by atoms with van der Waals surface area (Å²) in [5.74, 6) is 1.72. The molecule has 1 fully saturated rings. The van der Waals surface area contributed by atoms with Crippen molar-refractivity contribution in [2.75, 3.05) is 43.1 Å². The van der Waals surface area contributed by atoms with E-state index in [0.717, 1.165) is 54.1 Å². The second kappa shape index (κ2) is 10.1. The first-order valence-corrected chi connectivity index (χ1v) is 12.0. The maximum absolute atomic E-state index is 13.0. The van der Waals surface area contributed by atoms with Crippen molar-refractivity contribution in [2.24, 2.45) is 0 Å². The molecule has 178 valence electrons. The molecule has 0 aliphatic carbocycles.